The monoisotopic (exact) mass is 484 g/mol. The Morgan fingerprint density at radius 3 is 2.39 bits per heavy atom. The molecule has 2 amide bonds. The summed E-state index contributed by atoms with van der Waals surface area (Å²) in [5, 5.41) is 3.16. The van der Waals surface area contributed by atoms with E-state index in [4.69, 9.17) is 4.74 Å². The summed E-state index contributed by atoms with van der Waals surface area (Å²) in [6, 6.07) is 21.0. The van der Waals surface area contributed by atoms with Gasteiger partial charge in [-0.2, -0.15) is 0 Å². The lowest BCUT2D eigenvalue weighted by atomic mass is 10.1. The van der Waals surface area contributed by atoms with Gasteiger partial charge < -0.3 is 10.1 Å². The molecular formula is C30H29FN2O3. The van der Waals surface area contributed by atoms with E-state index >= 15 is 0 Å². The van der Waals surface area contributed by atoms with Crippen LogP contribution in [0.1, 0.15) is 60.0 Å². The first-order valence-corrected chi connectivity index (χ1v) is 12.5. The molecule has 184 valence electrons. The van der Waals surface area contributed by atoms with Crippen LogP contribution in [0.5, 0.6) is 5.75 Å². The lowest BCUT2D eigenvalue weighted by Crippen LogP contribution is -2.37. The van der Waals surface area contributed by atoms with Crippen LogP contribution < -0.4 is 15.0 Å². The molecule has 0 radical (unpaired) electrons. The van der Waals surface area contributed by atoms with Crippen molar-refractivity contribution in [3.05, 3.63) is 101 Å². The number of carbonyl (C=O) groups is 2. The average Bonchev–Trinajstić information content (AvgIpc) is 3.16. The Balaban J connectivity index is 1.35. The molecule has 0 aromatic heterocycles. The summed E-state index contributed by atoms with van der Waals surface area (Å²) in [4.78, 5) is 27.6. The predicted molar refractivity (Wildman–Crippen MR) is 138 cm³/mol. The molecule has 1 heterocycles. The molecule has 0 spiro atoms. The van der Waals surface area contributed by atoms with Crippen molar-refractivity contribution in [2.45, 2.75) is 51.1 Å². The number of benzene rings is 3. The van der Waals surface area contributed by atoms with Crippen LogP contribution in [0.25, 0.3) is 6.08 Å². The number of fused-ring (bicyclic) bond motifs is 1. The van der Waals surface area contributed by atoms with Gasteiger partial charge in [0.2, 0.25) is 0 Å². The average molecular weight is 485 g/mol. The number of carbonyl (C=O) groups excluding carboxylic acids is 2. The molecule has 1 saturated carbocycles. The van der Waals surface area contributed by atoms with Crippen molar-refractivity contribution in [2.75, 3.05) is 4.90 Å². The highest BCUT2D eigenvalue weighted by molar-refractivity contribution is 6.09. The van der Waals surface area contributed by atoms with E-state index in [9.17, 15) is 14.0 Å². The second-order valence-corrected chi connectivity index (χ2v) is 9.35. The van der Waals surface area contributed by atoms with Gasteiger partial charge in [-0.3, -0.25) is 14.5 Å². The Labute approximate surface area is 210 Å². The standard InChI is InChI=1S/C30H29FN2O3/c31-25-12-6-5-9-23(25)20-33-26-13-7-8-14-27(26)36-28(30(33)35)19-21-15-17-22(18-16-21)29(34)32-24-10-3-1-2-4-11-24/h5-9,12-19,24H,1-4,10-11,20H2,(H,32,34). The number of rotatable bonds is 5. The van der Waals surface area contributed by atoms with Gasteiger partial charge in [-0.25, -0.2) is 4.39 Å². The second kappa shape index (κ2) is 10.8. The first-order chi connectivity index (χ1) is 17.6. The normalized spacial score (nSPS) is 17.3. The van der Waals surface area contributed by atoms with Crippen LogP contribution >= 0.6 is 0 Å². The van der Waals surface area contributed by atoms with E-state index in [1.807, 2.05) is 12.1 Å². The third kappa shape index (κ3) is 5.33. The maximum absolute atomic E-state index is 14.3. The molecule has 0 unspecified atom stereocenters. The van der Waals surface area contributed by atoms with E-state index in [1.54, 1.807) is 60.7 Å². The van der Waals surface area contributed by atoms with Gasteiger partial charge in [-0.05, 0) is 54.8 Å². The molecule has 1 aliphatic heterocycles. The van der Waals surface area contributed by atoms with Crippen molar-refractivity contribution in [3.63, 3.8) is 0 Å². The van der Waals surface area contributed by atoms with Crippen molar-refractivity contribution in [1.82, 2.24) is 5.32 Å². The fourth-order valence-electron chi connectivity index (χ4n) is 4.79. The maximum Gasteiger partial charge on any atom is 0.294 e. The third-order valence-corrected chi connectivity index (χ3v) is 6.78. The van der Waals surface area contributed by atoms with E-state index < -0.39 is 0 Å². The molecule has 1 aliphatic carbocycles. The summed E-state index contributed by atoms with van der Waals surface area (Å²) >= 11 is 0. The summed E-state index contributed by atoms with van der Waals surface area (Å²) < 4.78 is 20.3. The van der Waals surface area contributed by atoms with Gasteiger partial charge in [-0.15, -0.1) is 0 Å². The van der Waals surface area contributed by atoms with Crippen molar-refractivity contribution in [2.24, 2.45) is 0 Å². The Bertz CT molecular complexity index is 1280. The number of ether oxygens (including phenoxy) is 1. The highest BCUT2D eigenvalue weighted by Gasteiger charge is 2.30. The number of amides is 2. The Morgan fingerprint density at radius 1 is 0.944 bits per heavy atom. The third-order valence-electron chi connectivity index (χ3n) is 6.78. The smallest absolute Gasteiger partial charge is 0.294 e. The topological polar surface area (TPSA) is 58.6 Å². The van der Waals surface area contributed by atoms with Crippen LogP contribution in [0, 0.1) is 5.82 Å². The summed E-state index contributed by atoms with van der Waals surface area (Å²) in [7, 11) is 0. The lowest BCUT2D eigenvalue weighted by Gasteiger charge is -2.30. The molecule has 36 heavy (non-hydrogen) atoms. The van der Waals surface area contributed by atoms with E-state index in [0.29, 0.717) is 22.6 Å². The lowest BCUT2D eigenvalue weighted by molar-refractivity contribution is -0.117. The van der Waals surface area contributed by atoms with E-state index in [-0.39, 0.29) is 36.0 Å². The van der Waals surface area contributed by atoms with Crippen molar-refractivity contribution < 1.29 is 18.7 Å². The van der Waals surface area contributed by atoms with Gasteiger partial charge in [0.25, 0.3) is 11.8 Å². The number of hydrogen-bond acceptors (Lipinski definition) is 3. The zero-order valence-corrected chi connectivity index (χ0v) is 20.1. The molecule has 5 rings (SSSR count). The largest absolute Gasteiger partial charge is 0.449 e. The molecule has 2 aliphatic rings. The SMILES string of the molecule is O=C(NC1CCCCCC1)c1ccc(C=C2Oc3ccccc3N(Cc3ccccc3F)C2=O)cc1. The number of nitrogens with one attached hydrogen (secondary N) is 1. The van der Waals surface area contributed by atoms with Crippen LogP contribution in [-0.2, 0) is 11.3 Å². The van der Waals surface area contributed by atoms with Gasteiger partial charge in [-0.1, -0.05) is 68.1 Å². The molecule has 3 aromatic carbocycles. The molecular weight excluding hydrogens is 455 g/mol. The second-order valence-electron chi connectivity index (χ2n) is 9.35. The summed E-state index contributed by atoms with van der Waals surface area (Å²) in [6.45, 7) is 0.0868. The predicted octanol–water partition coefficient (Wildman–Crippen LogP) is 6.25. The van der Waals surface area contributed by atoms with Gasteiger partial charge in [0.15, 0.2) is 11.5 Å². The quantitative estimate of drug-likeness (QED) is 0.344. The minimum atomic E-state index is -0.363. The van der Waals surface area contributed by atoms with Crippen LogP contribution in [-0.4, -0.2) is 17.9 Å². The number of hydrogen-bond donors (Lipinski definition) is 1. The minimum Gasteiger partial charge on any atom is -0.449 e. The summed E-state index contributed by atoms with van der Waals surface area (Å²) in [5.74, 6) is -0.125. The highest BCUT2D eigenvalue weighted by atomic mass is 19.1. The van der Waals surface area contributed by atoms with Gasteiger partial charge in [0.05, 0.1) is 12.2 Å². The maximum atomic E-state index is 14.3. The van der Waals surface area contributed by atoms with Crippen molar-refractivity contribution >= 4 is 23.6 Å². The zero-order chi connectivity index (χ0) is 24.9. The molecule has 1 fully saturated rings. The number of halogens is 1. The summed E-state index contributed by atoms with van der Waals surface area (Å²) in [6.07, 6.45) is 8.49. The first kappa shape index (κ1) is 23.8. The van der Waals surface area contributed by atoms with Gasteiger partial charge in [0.1, 0.15) is 5.82 Å². The Kier molecular flexibility index (Phi) is 7.12. The van der Waals surface area contributed by atoms with Crippen LogP contribution in [0.15, 0.2) is 78.6 Å². The molecule has 5 nitrogen and oxygen atoms in total. The zero-order valence-electron chi connectivity index (χ0n) is 20.1. The molecule has 3 aromatic rings. The Hall–Kier alpha value is -3.93. The fourth-order valence-corrected chi connectivity index (χ4v) is 4.79. The minimum absolute atomic E-state index is 0.0731. The molecule has 1 N–H and O–H groups in total. The number of anilines is 1. The number of para-hydroxylation sites is 2. The van der Waals surface area contributed by atoms with E-state index in [1.165, 1.54) is 23.8 Å². The van der Waals surface area contributed by atoms with E-state index in [0.717, 1.165) is 31.2 Å². The van der Waals surface area contributed by atoms with Crippen LogP contribution in [0.4, 0.5) is 10.1 Å². The molecule has 0 saturated heterocycles. The van der Waals surface area contributed by atoms with E-state index in [2.05, 4.69) is 5.32 Å². The van der Waals surface area contributed by atoms with Crippen molar-refractivity contribution in [1.29, 1.82) is 0 Å². The van der Waals surface area contributed by atoms with Gasteiger partial charge >= 0.3 is 0 Å². The molecule has 6 heteroatoms. The Morgan fingerprint density at radius 2 is 1.64 bits per heavy atom. The van der Waals surface area contributed by atoms with Crippen molar-refractivity contribution in [3.8, 4) is 5.75 Å². The first-order valence-electron chi connectivity index (χ1n) is 12.5. The van der Waals surface area contributed by atoms with Gasteiger partial charge in [0, 0.05) is 17.2 Å². The molecule has 0 bridgehead atoms. The summed E-state index contributed by atoms with van der Waals surface area (Å²) in [5.41, 5.74) is 2.33. The molecule has 0 atom stereocenters. The van der Waals surface area contributed by atoms with Crippen LogP contribution in [0.2, 0.25) is 0 Å². The fraction of sp³-hybridized carbons (Fsp3) is 0.267. The highest BCUT2D eigenvalue weighted by Crippen LogP contribution is 2.36. The van der Waals surface area contributed by atoms with Crippen LogP contribution in [0.3, 0.4) is 0 Å². The number of nitrogens with zero attached hydrogens (tertiary/aromatic N) is 1.